The number of phenols is 2. The van der Waals surface area contributed by atoms with Crippen molar-refractivity contribution in [2.24, 2.45) is 0 Å². The molecule has 14 heteroatoms. The Labute approximate surface area is 273 Å². The molecule has 5 aromatic carbocycles. The van der Waals surface area contributed by atoms with Crippen LogP contribution in [0.5, 0.6) is 28.7 Å². The van der Waals surface area contributed by atoms with Gasteiger partial charge in [0.05, 0.1) is 37.8 Å². The Bertz CT molecular complexity index is 2290. The molecule has 0 saturated heterocycles. The highest BCUT2D eigenvalue weighted by Gasteiger charge is 2.35. The first kappa shape index (κ1) is 33.7. The molecule has 48 heavy (non-hydrogen) atoms. The SMILES string of the molecule is COc1c(O)c2c(=O)cc(OC)c3c4c(OC)cc(=O)c5c(O)c(NCCCN(C)C)c6c(c(c1C(C(C)=O)=C(C)C6)c23)c54.O=[N+]([O-])O. The number of hydrogen-bond acceptors (Lipinski definition) is 12. The minimum absolute atomic E-state index is 0.00887. The molecular formula is C34H35N3O11. The van der Waals surface area contributed by atoms with Crippen LogP contribution in [0.15, 0.2) is 27.3 Å². The van der Waals surface area contributed by atoms with Crippen molar-refractivity contribution in [1.82, 2.24) is 4.90 Å². The molecule has 1 aliphatic rings. The number of allylic oxidation sites excluding steroid dienone is 2. The number of carbonyl (C=O) groups is 1. The van der Waals surface area contributed by atoms with Crippen LogP contribution in [0.4, 0.5) is 5.69 Å². The molecule has 4 N–H and O–H groups in total. The number of ether oxygens (including phenoxy) is 3. The number of Topliss-reactive ketones (excluding diaryl/α,β-unsaturated/α-hetero) is 1. The first-order valence-electron chi connectivity index (χ1n) is 14.9. The second-order valence-electron chi connectivity index (χ2n) is 11.8. The van der Waals surface area contributed by atoms with E-state index in [0.29, 0.717) is 66.8 Å². The van der Waals surface area contributed by atoms with E-state index in [0.717, 1.165) is 13.0 Å². The summed E-state index contributed by atoms with van der Waals surface area (Å²) in [5.41, 5.74) is 1.39. The van der Waals surface area contributed by atoms with Gasteiger partial charge in [0, 0.05) is 56.7 Å². The van der Waals surface area contributed by atoms with Crippen molar-refractivity contribution >= 4 is 60.1 Å². The fourth-order valence-corrected chi connectivity index (χ4v) is 7.05. The smallest absolute Gasteiger partial charge is 0.291 e. The average Bonchev–Trinajstić information content (AvgIpc) is 3.14. The van der Waals surface area contributed by atoms with Crippen molar-refractivity contribution in [3.63, 3.8) is 0 Å². The summed E-state index contributed by atoms with van der Waals surface area (Å²) in [6, 6.07) is 2.59. The molecule has 5 aromatic rings. The Morgan fingerprint density at radius 2 is 1.42 bits per heavy atom. The molecule has 14 nitrogen and oxygen atoms in total. The third kappa shape index (κ3) is 5.04. The minimum Gasteiger partial charge on any atom is -0.505 e. The number of nitrogens with zero attached hydrogens (tertiary/aromatic N) is 2. The molecule has 0 spiro atoms. The average molecular weight is 662 g/mol. The van der Waals surface area contributed by atoms with Gasteiger partial charge in [0.1, 0.15) is 11.5 Å². The van der Waals surface area contributed by atoms with Gasteiger partial charge in [-0.05, 0) is 58.3 Å². The van der Waals surface area contributed by atoms with E-state index in [1.165, 1.54) is 40.4 Å². The molecule has 0 aromatic heterocycles. The molecule has 252 valence electrons. The van der Waals surface area contributed by atoms with Gasteiger partial charge in [-0.1, -0.05) is 5.57 Å². The van der Waals surface area contributed by atoms with Crippen molar-refractivity contribution in [1.29, 1.82) is 0 Å². The highest BCUT2D eigenvalue weighted by atomic mass is 16.9. The topological polar surface area (TPSA) is 198 Å². The molecule has 0 atom stereocenters. The lowest BCUT2D eigenvalue weighted by Gasteiger charge is -2.24. The van der Waals surface area contributed by atoms with Gasteiger partial charge in [-0.15, -0.1) is 10.1 Å². The zero-order chi connectivity index (χ0) is 35.4. The van der Waals surface area contributed by atoms with E-state index in [9.17, 15) is 24.6 Å². The lowest BCUT2D eigenvalue weighted by atomic mass is 9.82. The Hall–Kier alpha value is -5.63. The summed E-state index contributed by atoms with van der Waals surface area (Å²) >= 11 is 0. The molecule has 0 heterocycles. The van der Waals surface area contributed by atoms with E-state index >= 15 is 0 Å². The second kappa shape index (κ2) is 12.5. The van der Waals surface area contributed by atoms with Crippen molar-refractivity contribution in [3.8, 4) is 28.7 Å². The van der Waals surface area contributed by atoms with E-state index in [1.54, 1.807) is 0 Å². The molecule has 6 rings (SSSR count). The molecule has 0 amide bonds. The van der Waals surface area contributed by atoms with Crippen molar-refractivity contribution in [3.05, 3.63) is 59.4 Å². The number of fused-ring (bicyclic) bond motifs is 1. The lowest BCUT2D eigenvalue weighted by Crippen LogP contribution is -2.17. The van der Waals surface area contributed by atoms with E-state index < -0.39 is 21.7 Å². The number of hydrogen-bond donors (Lipinski definition) is 4. The molecule has 0 aliphatic heterocycles. The number of aromatic hydroxyl groups is 2. The van der Waals surface area contributed by atoms with Crippen LogP contribution >= 0.6 is 0 Å². The van der Waals surface area contributed by atoms with Crippen molar-refractivity contribution in [2.75, 3.05) is 53.8 Å². The van der Waals surface area contributed by atoms with Gasteiger partial charge in [-0.3, -0.25) is 14.4 Å². The van der Waals surface area contributed by atoms with Gasteiger partial charge in [-0.2, -0.15) is 0 Å². The van der Waals surface area contributed by atoms with E-state index in [4.69, 9.17) is 29.5 Å². The first-order chi connectivity index (χ1) is 22.7. The Morgan fingerprint density at radius 3 is 1.90 bits per heavy atom. The Kier molecular flexibility index (Phi) is 8.80. The van der Waals surface area contributed by atoms with Crippen LogP contribution in [-0.4, -0.2) is 79.7 Å². The molecular weight excluding hydrogens is 626 g/mol. The van der Waals surface area contributed by atoms with Crippen LogP contribution in [0.2, 0.25) is 0 Å². The fraction of sp³-hybridized carbons (Fsp3) is 0.324. The first-order valence-corrected chi connectivity index (χ1v) is 14.9. The summed E-state index contributed by atoms with van der Waals surface area (Å²) in [7, 11) is 8.19. The van der Waals surface area contributed by atoms with Crippen molar-refractivity contribution < 1.29 is 39.5 Å². The van der Waals surface area contributed by atoms with Gasteiger partial charge in [0.15, 0.2) is 33.9 Å². The van der Waals surface area contributed by atoms with Crippen LogP contribution < -0.4 is 30.4 Å². The normalized spacial score (nSPS) is 12.6. The summed E-state index contributed by atoms with van der Waals surface area (Å²) in [4.78, 5) is 51.3. The quantitative estimate of drug-likeness (QED) is 0.0437. The lowest BCUT2D eigenvalue weighted by molar-refractivity contribution is -0.742. The van der Waals surface area contributed by atoms with Gasteiger partial charge in [0.2, 0.25) is 0 Å². The highest BCUT2D eigenvalue weighted by molar-refractivity contribution is 6.42. The van der Waals surface area contributed by atoms with Crippen LogP contribution in [0.1, 0.15) is 31.4 Å². The number of nitrogens with one attached hydrogen (secondary N) is 1. The predicted molar refractivity (Wildman–Crippen MR) is 182 cm³/mol. The summed E-state index contributed by atoms with van der Waals surface area (Å²) in [6.07, 6.45) is 0.991. The second-order valence-corrected chi connectivity index (χ2v) is 11.8. The molecule has 0 radical (unpaired) electrons. The van der Waals surface area contributed by atoms with Crippen LogP contribution in [0, 0.1) is 10.1 Å². The Morgan fingerprint density at radius 1 is 0.896 bits per heavy atom. The van der Waals surface area contributed by atoms with Gasteiger partial charge in [-0.25, -0.2) is 0 Å². The minimum atomic E-state index is -1.50. The maximum atomic E-state index is 13.8. The molecule has 1 aliphatic carbocycles. The van der Waals surface area contributed by atoms with Crippen molar-refractivity contribution in [2.45, 2.75) is 26.7 Å². The molecule has 0 fully saturated rings. The number of anilines is 1. The third-order valence-corrected chi connectivity index (χ3v) is 8.71. The number of rotatable bonds is 9. The maximum absolute atomic E-state index is 13.8. The van der Waals surface area contributed by atoms with E-state index in [-0.39, 0.29) is 46.0 Å². The number of carbonyl (C=O) groups excluding carboxylic acids is 1. The number of benzene rings is 5. The maximum Gasteiger partial charge on any atom is 0.291 e. The third-order valence-electron chi connectivity index (χ3n) is 8.71. The predicted octanol–water partition coefficient (Wildman–Crippen LogP) is 4.27. The zero-order valence-corrected chi connectivity index (χ0v) is 27.5. The molecule has 0 saturated carbocycles. The monoisotopic (exact) mass is 661 g/mol. The number of ketones is 1. The van der Waals surface area contributed by atoms with Gasteiger partial charge >= 0.3 is 0 Å². The van der Waals surface area contributed by atoms with E-state index in [2.05, 4.69) is 10.2 Å². The van der Waals surface area contributed by atoms with E-state index in [1.807, 2.05) is 21.0 Å². The van der Waals surface area contributed by atoms with Gasteiger partial charge in [0.25, 0.3) is 5.09 Å². The number of methoxy groups -OCH3 is 3. The Balaban J connectivity index is 0.00000107. The fourth-order valence-electron chi connectivity index (χ4n) is 7.05. The number of phenolic OH excluding ortho intramolecular Hbond substituents is 2. The summed E-state index contributed by atoms with van der Waals surface area (Å²) < 4.78 is 17.2. The highest BCUT2D eigenvalue weighted by Crippen LogP contribution is 2.57. The summed E-state index contributed by atoms with van der Waals surface area (Å²) in [5, 5.41) is 43.2. The molecule has 0 bridgehead atoms. The van der Waals surface area contributed by atoms with Crippen LogP contribution in [0.25, 0.3) is 48.7 Å². The van der Waals surface area contributed by atoms with Crippen LogP contribution in [-0.2, 0) is 11.2 Å². The van der Waals surface area contributed by atoms with Crippen LogP contribution in [0.3, 0.4) is 0 Å². The summed E-state index contributed by atoms with van der Waals surface area (Å²) in [6.45, 7) is 4.56. The standard InChI is InChI=1S/C34H34N2O8.HNO3/c1-14-11-16-22-27-23(32(40)31(16)35-9-8-10-36(3)4)17(38)12-19(42-5)25(27)26-20(43-6)13-18(39)24-29(26)28(22)30(21(14)15(2)37)34(44-7)33(24)41;2-1(3)4/h12-13,35,40-41H,8-11H2,1-7H3;(H,2,3,4). The van der Waals surface area contributed by atoms with Gasteiger partial charge < -0.3 is 39.8 Å². The zero-order valence-electron chi connectivity index (χ0n) is 27.5. The summed E-state index contributed by atoms with van der Waals surface area (Å²) in [5.74, 6) is -0.476. The largest absolute Gasteiger partial charge is 0.505 e. The molecule has 0 unspecified atom stereocenters.